The van der Waals surface area contributed by atoms with Gasteiger partial charge in [-0.1, -0.05) is 72.8 Å². The van der Waals surface area contributed by atoms with Crippen molar-refractivity contribution in [2.45, 2.75) is 18.5 Å². The minimum atomic E-state index is -2.56. The summed E-state index contributed by atoms with van der Waals surface area (Å²) in [5.41, 5.74) is 0.150. The van der Waals surface area contributed by atoms with Crippen molar-refractivity contribution in [1.29, 1.82) is 0 Å². The maximum Gasteiger partial charge on any atom is 0.149 e. The third-order valence-electron chi connectivity index (χ3n) is 3.73. The Morgan fingerprint density at radius 2 is 1.37 bits per heavy atom. The van der Waals surface area contributed by atoms with Crippen molar-refractivity contribution in [2.75, 3.05) is 0 Å². The summed E-state index contributed by atoms with van der Waals surface area (Å²) in [5.74, 6) is 0. The average Bonchev–Trinajstić information content (AvgIpc) is 3.03. The fraction of sp³-hybridized carbons (Fsp3) is 0.176. The second-order valence-electron chi connectivity index (χ2n) is 4.90. The number of benzene rings is 2. The molecule has 0 unspecified atom stereocenters. The fourth-order valence-electron chi connectivity index (χ4n) is 2.75. The van der Waals surface area contributed by atoms with Crippen LogP contribution < -0.4 is 10.6 Å². The van der Waals surface area contributed by atoms with Crippen LogP contribution in [0.2, 0.25) is 0 Å². The van der Waals surface area contributed by atoms with E-state index < -0.39 is 7.14 Å². The molecule has 1 atom stereocenters. The van der Waals surface area contributed by atoms with Crippen molar-refractivity contribution in [3.8, 4) is 0 Å². The summed E-state index contributed by atoms with van der Waals surface area (Å²) in [6, 6.07) is 19.9. The van der Waals surface area contributed by atoms with Gasteiger partial charge >= 0.3 is 0 Å². The molecule has 1 aliphatic carbocycles. The van der Waals surface area contributed by atoms with Crippen LogP contribution in [0.15, 0.2) is 72.8 Å². The highest BCUT2D eigenvalue weighted by molar-refractivity contribution is 7.79. The monoisotopic (exact) mass is 268 g/mol. The van der Waals surface area contributed by atoms with Crippen molar-refractivity contribution in [3.63, 3.8) is 0 Å². The number of rotatable bonds is 3. The zero-order valence-corrected chi connectivity index (χ0v) is 11.7. The zero-order valence-electron chi connectivity index (χ0n) is 10.8. The van der Waals surface area contributed by atoms with Gasteiger partial charge in [-0.15, -0.1) is 0 Å². The van der Waals surface area contributed by atoms with Crippen molar-refractivity contribution in [3.05, 3.63) is 72.8 Å². The van der Waals surface area contributed by atoms with Crippen molar-refractivity contribution >= 4 is 17.8 Å². The van der Waals surface area contributed by atoms with E-state index in [0.717, 1.165) is 23.5 Å². The lowest BCUT2D eigenvalue weighted by molar-refractivity contribution is 0.581. The lowest BCUT2D eigenvalue weighted by Gasteiger charge is -2.24. The van der Waals surface area contributed by atoms with Crippen LogP contribution in [0.5, 0.6) is 0 Å². The van der Waals surface area contributed by atoms with E-state index in [1.54, 1.807) is 0 Å². The van der Waals surface area contributed by atoms with E-state index in [9.17, 15) is 4.57 Å². The molecule has 3 rings (SSSR count). The molecule has 0 saturated heterocycles. The topological polar surface area (TPSA) is 17.1 Å². The molecule has 0 heterocycles. The first kappa shape index (κ1) is 12.4. The largest absolute Gasteiger partial charge is 0.313 e. The lowest BCUT2D eigenvalue weighted by Crippen LogP contribution is -2.23. The molecule has 1 nitrogen and oxygen atoms in total. The summed E-state index contributed by atoms with van der Waals surface area (Å²) >= 11 is 0. The summed E-state index contributed by atoms with van der Waals surface area (Å²) in [7, 11) is -2.56. The molecule has 0 bridgehead atoms. The minimum Gasteiger partial charge on any atom is -0.313 e. The Kier molecular flexibility index (Phi) is 3.40. The SMILES string of the molecule is O=P(c1ccccc1)(c1ccccc1)[C@H]1C=CCC1. The molecule has 0 spiro atoms. The first-order valence-corrected chi connectivity index (χ1v) is 8.47. The van der Waals surface area contributed by atoms with Crippen LogP contribution in [0.4, 0.5) is 0 Å². The molecule has 96 valence electrons. The predicted octanol–water partition coefficient (Wildman–Crippen LogP) is 3.72. The Morgan fingerprint density at radius 3 is 1.79 bits per heavy atom. The molecule has 2 aromatic carbocycles. The molecular weight excluding hydrogens is 251 g/mol. The number of hydrogen-bond donors (Lipinski definition) is 0. The Bertz CT molecular complexity index is 573. The van der Waals surface area contributed by atoms with Gasteiger partial charge in [0.05, 0.1) is 0 Å². The van der Waals surface area contributed by atoms with E-state index in [1.165, 1.54) is 0 Å². The third-order valence-corrected chi connectivity index (χ3v) is 7.23. The molecule has 0 N–H and O–H groups in total. The molecule has 0 saturated carbocycles. The molecule has 0 fully saturated rings. The number of hydrogen-bond acceptors (Lipinski definition) is 1. The van der Waals surface area contributed by atoms with Gasteiger partial charge in [0.15, 0.2) is 0 Å². The van der Waals surface area contributed by atoms with Crippen molar-refractivity contribution in [1.82, 2.24) is 0 Å². The molecule has 0 radical (unpaired) electrons. The van der Waals surface area contributed by atoms with E-state index >= 15 is 0 Å². The summed E-state index contributed by atoms with van der Waals surface area (Å²) in [6.07, 6.45) is 6.32. The molecule has 19 heavy (non-hydrogen) atoms. The summed E-state index contributed by atoms with van der Waals surface area (Å²) in [4.78, 5) is 0. The molecule has 0 aromatic heterocycles. The van der Waals surface area contributed by atoms with E-state index in [2.05, 4.69) is 12.2 Å². The van der Waals surface area contributed by atoms with Gasteiger partial charge in [-0.25, -0.2) is 0 Å². The Hall–Kier alpha value is -1.59. The quantitative estimate of drug-likeness (QED) is 0.612. The van der Waals surface area contributed by atoms with Crippen LogP contribution in [-0.2, 0) is 4.57 Å². The average molecular weight is 268 g/mol. The molecule has 2 heteroatoms. The molecule has 2 aromatic rings. The smallest absolute Gasteiger partial charge is 0.149 e. The normalized spacial score (nSPS) is 18.6. The van der Waals surface area contributed by atoms with E-state index in [1.807, 2.05) is 60.7 Å². The van der Waals surface area contributed by atoms with Gasteiger partial charge in [-0.2, -0.15) is 0 Å². The second kappa shape index (κ2) is 5.19. The maximum absolute atomic E-state index is 13.8. The van der Waals surface area contributed by atoms with Gasteiger partial charge in [-0.3, -0.25) is 0 Å². The van der Waals surface area contributed by atoms with E-state index in [0.29, 0.717) is 0 Å². The highest BCUT2D eigenvalue weighted by Crippen LogP contribution is 2.52. The first-order valence-electron chi connectivity index (χ1n) is 6.69. The molecule has 1 aliphatic rings. The molecular formula is C17H17OP. The van der Waals surface area contributed by atoms with Gasteiger partial charge in [-0.05, 0) is 12.8 Å². The highest BCUT2D eigenvalue weighted by atomic mass is 31.2. The van der Waals surface area contributed by atoms with Crippen LogP contribution in [0, 0.1) is 0 Å². The van der Waals surface area contributed by atoms with Crippen LogP contribution in [0.25, 0.3) is 0 Å². The van der Waals surface area contributed by atoms with Crippen LogP contribution in [0.3, 0.4) is 0 Å². The fourth-order valence-corrected chi connectivity index (χ4v) is 5.92. The highest BCUT2D eigenvalue weighted by Gasteiger charge is 2.35. The molecule has 0 amide bonds. The van der Waals surface area contributed by atoms with Gasteiger partial charge in [0.2, 0.25) is 0 Å². The Morgan fingerprint density at radius 1 is 0.842 bits per heavy atom. The van der Waals surface area contributed by atoms with Crippen LogP contribution in [-0.4, -0.2) is 5.66 Å². The van der Waals surface area contributed by atoms with Gasteiger partial charge in [0.25, 0.3) is 0 Å². The van der Waals surface area contributed by atoms with Gasteiger partial charge in [0.1, 0.15) is 7.14 Å². The summed E-state index contributed by atoms with van der Waals surface area (Å²) in [5, 5.41) is 1.94. The van der Waals surface area contributed by atoms with E-state index in [-0.39, 0.29) is 5.66 Å². The molecule has 0 aliphatic heterocycles. The van der Waals surface area contributed by atoms with Crippen molar-refractivity contribution in [2.24, 2.45) is 0 Å². The van der Waals surface area contributed by atoms with Gasteiger partial charge < -0.3 is 4.57 Å². The lowest BCUT2D eigenvalue weighted by atomic mass is 10.3. The van der Waals surface area contributed by atoms with Gasteiger partial charge in [0, 0.05) is 16.3 Å². The van der Waals surface area contributed by atoms with Crippen LogP contribution in [0.1, 0.15) is 12.8 Å². The minimum absolute atomic E-state index is 0.150. The predicted molar refractivity (Wildman–Crippen MR) is 81.9 cm³/mol. The third kappa shape index (κ3) is 2.19. The second-order valence-corrected chi connectivity index (χ2v) is 7.91. The van der Waals surface area contributed by atoms with Crippen molar-refractivity contribution < 1.29 is 4.57 Å². The first-order chi connectivity index (χ1) is 9.32. The van der Waals surface area contributed by atoms with E-state index in [4.69, 9.17) is 0 Å². The maximum atomic E-state index is 13.8. The van der Waals surface area contributed by atoms with Crippen LogP contribution >= 0.6 is 7.14 Å². The zero-order chi connectivity index (χ0) is 13.1. The Balaban J connectivity index is 2.16. The summed E-state index contributed by atoms with van der Waals surface area (Å²) in [6.45, 7) is 0. The summed E-state index contributed by atoms with van der Waals surface area (Å²) < 4.78 is 13.8. The standard InChI is InChI=1S/C17H17OP/c18-19(17-13-7-8-14-17,15-9-3-1-4-10-15)16-11-5-2-6-12-16/h1-7,9-13,17H,8,14H2/t17-/m0/s1. The Labute approximate surface area is 114 Å². The number of allylic oxidation sites excluding steroid dienone is 2.